The molecule has 1 N–H and O–H groups in total. The van der Waals surface area contributed by atoms with Crippen LogP contribution in [0.15, 0.2) is 30.6 Å². The van der Waals surface area contributed by atoms with E-state index in [2.05, 4.69) is 20.0 Å². The van der Waals surface area contributed by atoms with E-state index in [1.54, 1.807) is 0 Å². The zero-order chi connectivity index (χ0) is 16.1. The van der Waals surface area contributed by atoms with Crippen molar-refractivity contribution in [1.29, 1.82) is 0 Å². The lowest BCUT2D eigenvalue weighted by Gasteiger charge is -2.09. The summed E-state index contributed by atoms with van der Waals surface area (Å²) in [5.74, 6) is -1.98. The smallest absolute Gasteiger partial charge is 0.360 e. The second kappa shape index (κ2) is 6.95. The van der Waals surface area contributed by atoms with Crippen molar-refractivity contribution in [3.63, 3.8) is 0 Å². The third-order valence-corrected chi connectivity index (χ3v) is 3.09. The number of rotatable bonds is 4. The molecule has 0 aliphatic heterocycles. The summed E-state index contributed by atoms with van der Waals surface area (Å²) in [5.41, 5.74) is -0.0804. The summed E-state index contributed by atoms with van der Waals surface area (Å²) in [6.45, 7) is 0. The minimum atomic E-state index is -0.743. The highest BCUT2D eigenvalue weighted by Crippen LogP contribution is 2.20. The Morgan fingerprint density at radius 2 is 2.05 bits per heavy atom. The van der Waals surface area contributed by atoms with Gasteiger partial charge in [-0.25, -0.2) is 19.2 Å². The Kier molecular flexibility index (Phi) is 5.00. The van der Waals surface area contributed by atoms with Gasteiger partial charge in [0, 0.05) is 23.0 Å². The van der Waals surface area contributed by atoms with Gasteiger partial charge in [0.15, 0.2) is 11.5 Å². The Hall–Kier alpha value is -2.54. The summed E-state index contributed by atoms with van der Waals surface area (Å²) >= 11 is 5.86. The third kappa shape index (κ3) is 3.56. The molecule has 0 saturated carbocycles. The molecule has 0 saturated heterocycles. The van der Waals surface area contributed by atoms with Gasteiger partial charge in [0.2, 0.25) is 5.91 Å². The number of ether oxygens (including phenoxy) is 1. The Bertz CT molecular complexity index is 704. The van der Waals surface area contributed by atoms with Crippen LogP contribution in [-0.2, 0) is 16.0 Å². The molecule has 0 unspecified atom stereocenters. The van der Waals surface area contributed by atoms with E-state index < -0.39 is 17.7 Å². The zero-order valence-corrected chi connectivity index (χ0v) is 12.2. The Labute approximate surface area is 130 Å². The van der Waals surface area contributed by atoms with Crippen molar-refractivity contribution in [3.05, 3.63) is 52.7 Å². The van der Waals surface area contributed by atoms with Crippen LogP contribution < -0.4 is 5.32 Å². The lowest BCUT2D eigenvalue weighted by atomic mass is 10.1. The largest absolute Gasteiger partial charge is 0.464 e. The molecule has 6 nitrogen and oxygen atoms in total. The molecule has 114 valence electrons. The number of hydrogen-bond acceptors (Lipinski definition) is 5. The number of carbonyl (C=O) groups excluding carboxylic acids is 2. The summed E-state index contributed by atoms with van der Waals surface area (Å²) in [6.07, 6.45) is 2.29. The fraction of sp³-hybridized carbons (Fsp3) is 0.143. The second-order valence-electron chi connectivity index (χ2n) is 4.17. The van der Waals surface area contributed by atoms with Crippen LogP contribution in [0.2, 0.25) is 5.02 Å². The molecule has 1 aromatic carbocycles. The third-order valence-electron chi connectivity index (χ3n) is 2.73. The van der Waals surface area contributed by atoms with Gasteiger partial charge in [0.1, 0.15) is 5.82 Å². The van der Waals surface area contributed by atoms with Crippen LogP contribution in [0, 0.1) is 5.82 Å². The molecule has 2 aromatic rings. The summed E-state index contributed by atoms with van der Waals surface area (Å²) in [6, 6.07) is 4.13. The molecule has 0 bridgehead atoms. The van der Waals surface area contributed by atoms with Crippen LogP contribution in [0.5, 0.6) is 0 Å². The summed E-state index contributed by atoms with van der Waals surface area (Å²) in [4.78, 5) is 31.2. The van der Waals surface area contributed by atoms with Crippen molar-refractivity contribution in [3.8, 4) is 0 Å². The van der Waals surface area contributed by atoms with Crippen molar-refractivity contribution < 1.29 is 18.7 Å². The first-order chi connectivity index (χ1) is 10.5. The number of amides is 1. The Morgan fingerprint density at radius 3 is 2.73 bits per heavy atom. The van der Waals surface area contributed by atoms with E-state index in [9.17, 15) is 14.0 Å². The minimum Gasteiger partial charge on any atom is -0.464 e. The standard InChI is InChI=1S/C14H11ClFN3O3/c1-22-14(21)12-13(18-6-5-17-12)19-11(20)7-8-9(15)3-2-4-10(8)16/h2-6H,7H2,1H3,(H,18,19,20). The molecule has 2 rings (SSSR count). The van der Waals surface area contributed by atoms with Gasteiger partial charge in [-0.15, -0.1) is 0 Å². The van der Waals surface area contributed by atoms with Crippen LogP contribution >= 0.6 is 11.6 Å². The topological polar surface area (TPSA) is 81.2 Å². The lowest BCUT2D eigenvalue weighted by molar-refractivity contribution is -0.115. The SMILES string of the molecule is COC(=O)c1nccnc1NC(=O)Cc1c(F)cccc1Cl. The van der Waals surface area contributed by atoms with Crippen molar-refractivity contribution in [2.45, 2.75) is 6.42 Å². The molecule has 0 fully saturated rings. The van der Waals surface area contributed by atoms with Crippen LogP contribution in [0.3, 0.4) is 0 Å². The van der Waals surface area contributed by atoms with Crippen molar-refractivity contribution in [2.24, 2.45) is 0 Å². The molecule has 8 heteroatoms. The number of methoxy groups -OCH3 is 1. The van der Waals surface area contributed by atoms with E-state index >= 15 is 0 Å². The molecular weight excluding hydrogens is 313 g/mol. The normalized spacial score (nSPS) is 10.1. The van der Waals surface area contributed by atoms with E-state index in [0.717, 1.165) is 0 Å². The zero-order valence-electron chi connectivity index (χ0n) is 11.5. The van der Waals surface area contributed by atoms with E-state index in [0.29, 0.717) is 0 Å². The summed E-state index contributed by atoms with van der Waals surface area (Å²) in [7, 11) is 1.18. The van der Waals surface area contributed by atoms with Gasteiger partial charge in [0.05, 0.1) is 13.5 Å². The maximum atomic E-state index is 13.6. The fourth-order valence-electron chi connectivity index (χ4n) is 1.71. The van der Waals surface area contributed by atoms with Crippen LogP contribution in [0.4, 0.5) is 10.2 Å². The van der Waals surface area contributed by atoms with Gasteiger partial charge in [-0.3, -0.25) is 4.79 Å². The van der Waals surface area contributed by atoms with E-state index in [1.807, 2.05) is 0 Å². The average Bonchev–Trinajstić information content (AvgIpc) is 2.51. The number of esters is 1. The predicted molar refractivity (Wildman–Crippen MR) is 77.1 cm³/mol. The summed E-state index contributed by atoms with van der Waals surface area (Å²) in [5, 5.41) is 2.53. The predicted octanol–water partition coefficient (Wildman–Crippen LogP) is 2.24. The molecule has 0 spiro atoms. The molecule has 0 atom stereocenters. The van der Waals surface area contributed by atoms with E-state index in [1.165, 1.54) is 37.7 Å². The number of anilines is 1. The first-order valence-corrected chi connectivity index (χ1v) is 6.52. The van der Waals surface area contributed by atoms with E-state index in [-0.39, 0.29) is 28.5 Å². The van der Waals surface area contributed by atoms with Crippen molar-refractivity contribution in [1.82, 2.24) is 9.97 Å². The molecule has 0 radical (unpaired) electrons. The lowest BCUT2D eigenvalue weighted by Crippen LogP contribution is -2.19. The van der Waals surface area contributed by atoms with Gasteiger partial charge in [-0.05, 0) is 12.1 Å². The Morgan fingerprint density at radius 1 is 1.32 bits per heavy atom. The van der Waals surface area contributed by atoms with Gasteiger partial charge in [-0.2, -0.15) is 0 Å². The number of halogens is 2. The van der Waals surface area contributed by atoms with Gasteiger partial charge in [0.25, 0.3) is 0 Å². The molecular formula is C14H11ClFN3O3. The molecule has 0 aliphatic carbocycles. The number of carbonyl (C=O) groups is 2. The minimum absolute atomic E-state index is 0.0603. The van der Waals surface area contributed by atoms with Crippen molar-refractivity contribution >= 4 is 29.3 Å². The molecule has 1 aromatic heterocycles. The molecule has 1 amide bonds. The van der Waals surface area contributed by atoms with E-state index in [4.69, 9.17) is 11.6 Å². The van der Waals surface area contributed by atoms with Gasteiger partial charge in [-0.1, -0.05) is 17.7 Å². The number of hydrogen-bond donors (Lipinski definition) is 1. The quantitative estimate of drug-likeness (QED) is 0.873. The first kappa shape index (κ1) is 15.8. The number of benzene rings is 1. The molecule has 1 heterocycles. The monoisotopic (exact) mass is 323 g/mol. The Balaban J connectivity index is 2.18. The number of nitrogens with one attached hydrogen (secondary N) is 1. The van der Waals surface area contributed by atoms with Gasteiger partial charge >= 0.3 is 5.97 Å². The fourth-order valence-corrected chi connectivity index (χ4v) is 1.94. The maximum absolute atomic E-state index is 13.6. The molecule has 0 aliphatic rings. The van der Waals surface area contributed by atoms with Gasteiger partial charge < -0.3 is 10.1 Å². The number of nitrogens with zero attached hydrogens (tertiary/aromatic N) is 2. The van der Waals surface area contributed by atoms with Crippen molar-refractivity contribution in [2.75, 3.05) is 12.4 Å². The maximum Gasteiger partial charge on any atom is 0.360 e. The number of aromatic nitrogens is 2. The summed E-state index contributed by atoms with van der Waals surface area (Å²) < 4.78 is 18.2. The van der Waals surface area contributed by atoms with Crippen LogP contribution in [0.25, 0.3) is 0 Å². The molecule has 22 heavy (non-hydrogen) atoms. The highest BCUT2D eigenvalue weighted by molar-refractivity contribution is 6.31. The highest BCUT2D eigenvalue weighted by atomic mass is 35.5. The second-order valence-corrected chi connectivity index (χ2v) is 4.58. The first-order valence-electron chi connectivity index (χ1n) is 6.15. The van der Waals surface area contributed by atoms with Crippen LogP contribution in [-0.4, -0.2) is 29.0 Å². The average molecular weight is 324 g/mol. The highest BCUT2D eigenvalue weighted by Gasteiger charge is 2.18. The van der Waals surface area contributed by atoms with Crippen LogP contribution in [0.1, 0.15) is 16.1 Å².